The van der Waals surface area contributed by atoms with Crippen LogP contribution in [0.5, 0.6) is 0 Å². The zero-order valence-corrected chi connectivity index (χ0v) is 9.93. The van der Waals surface area contributed by atoms with Crippen LogP contribution in [-0.2, 0) is 25.5 Å². The summed E-state index contributed by atoms with van der Waals surface area (Å²) in [7, 11) is 1.88. The average Bonchev–Trinajstić information content (AvgIpc) is 2.76. The van der Waals surface area contributed by atoms with Crippen molar-refractivity contribution in [2.75, 3.05) is 0 Å². The molecule has 0 fully saturated rings. The minimum Gasteiger partial charge on any atom is -0.385 e. The Bertz CT molecular complexity index is 547. The lowest BCUT2D eigenvalue weighted by atomic mass is 9.77. The van der Waals surface area contributed by atoms with E-state index in [1.807, 2.05) is 19.3 Å². The van der Waals surface area contributed by atoms with Crippen LogP contribution < -0.4 is 0 Å². The summed E-state index contributed by atoms with van der Waals surface area (Å²) in [4.78, 5) is 0. The molecule has 0 radical (unpaired) electrons. The molecular formula is C14H16N2O. The predicted molar refractivity (Wildman–Crippen MR) is 65.6 cm³/mol. The molecule has 1 aliphatic rings. The van der Waals surface area contributed by atoms with E-state index < -0.39 is 5.60 Å². The van der Waals surface area contributed by atoms with Crippen molar-refractivity contribution in [3.63, 3.8) is 0 Å². The monoisotopic (exact) mass is 228 g/mol. The van der Waals surface area contributed by atoms with Crippen LogP contribution in [0.3, 0.4) is 0 Å². The average molecular weight is 228 g/mol. The third-order valence-corrected chi connectivity index (χ3v) is 3.65. The van der Waals surface area contributed by atoms with E-state index in [0.717, 1.165) is 18.4 Å². The van der Waals surface area contributed by atoms with Gasteiger partial charge in [0.25, 0.3) is 0 Å². The summed E-state index contributed by atoms with van der Waals surface area (Å²) in [5.74, 6) is 0. The van der Waals surface area contributed by atoms with E-state index >= 15 is 0 Å². The molecule has 0 amide bonds. The molecule has 1 atom stereocenters. The largest absolute Gasteiger partial charge is 0.385 e. The van der Waals surface area contributed by atoms with Gasteiger partial charge in [0.05, 0.1) is 11.8 Å². The van der Waals surface area contributed by atoms with E-state index in [4.69, 9.17) is 0 Å². The third kappa shape index (κ3) is 1.76. The van der Waals surface area contributed by atoms with Crippen molar-refractivity contribution in [2.24, 2.45) is 7.05 Å². The summed E-state index contributed by atoms with van der Waals surface area (Å²) < 4.78 is 1.74. The smallest absolute Gasteiger partial charge is 0.0970 e. The number of nitrogens with zero attached hydrogens (tertiary/aromatic N) is 2. The van der Waals surface area contributed by atoms with Gasteiger partial charge in [0.15, 0.2) is 0 Å². The molecule has 17 heavy (non-hydrogen) atoms. The zero-order chi connectivity index (χ0) is 11.9. The molecule has 1 aliphatic carbocycles. The Hall–Kier alpha value is -1.61. The lowest BCUT2D eigenvalue weighted by Crippen LogP contribution is -2.32. The van der Waals surface area contributed by atoms with E-state index in [0.29, 0.717) is 6.42 Å². The Labute approximate surface area is 101 Å². The number of hydrogen-bond donors (Lipinski definition) is 1. The summed E-state index contributed by atoms with van der Waals surface area (Å²) >= 11 is 0. The number of hydrogen-bond acceptors (Lipinski definition) is 2. The quantitative estimate of drug-likeness (QED) is 0.808. The highest BCUT2D eigenvalue weighted by molar-refractivity contribution is 5.34. The van der Waals surface area contributed by atoms with Gasteiger partial charge in [-0.3, -0.25) is 4.68 Å². The second-order valence-corrected chi connectivity index (χ2v) is 4.88. The Kier molecular flexibility index (Phi) is 2.30. The third-order valence-electron chi connectivity index (χ3n) is 3.65. The van der Waals surface area contributed by atoms with Crippen molar-refractivity contribution in [2.45, 2.75) is 24.9 Å². The van der Waals surface area contributed by atoms with E-state index in [-0.39, 0.29) is 0 Å². The van der Waals surface area contributed by atoms with Crippen molar-refractivity contribution in [3.05, 3.63) is 53.3 Å². The molecule has 0 aliphatic heterocycles. The van der Waals surface area contributed by atoms with Crippen molar-refractivity contribution in [1.82, 2.24) is 9.78 Å². The van der Waals surface area contributed by atoms with Crippen LogP contribution in [0.25, 0.3) is 0 Å². The van der Waals surface area contributed by atoms with Crippen LogP contribution in [0.15, 0.2) is 36.7 Å². The van der Waals surface area contributed by atoms with Crippen molar-refractivity contribution >= 4 is 0 Å². The van der Waals surface area contributed by atoms with Crippen molar-refractivity contribution in [1.29, 1.82) is 0 Å². The molecule has 0 saturated heterocycles. The molecule has 2 aromatic rings. The molecule has 3 rings (SSSR count). The normalized spacial score (nSPS) is 23.4. The second-order valence-electron chi connectivity index (χ2n) is 4.88. The molecule has 0 saturated carbocycles. The topological polar surface area (TPSA) is 38.0 Å². The number of aryl methyl sites for hydroxylation is 2. The summed E-state index contributed by atoms with van der Waals surface area (Å²) in [6, 6.07) is 8.36. The van der Waals surface area contributed by atoms with Gasteiger partial charge in [0.2, 0.25) is 0 Å². The molecule has 1 aromatic heterocycles. The first-order valence-electron chi connectivity index (χ1n) is 5.96. The van der Waals surface area contributed by atoms with Crippen molar-refractivity contribution < 1.29 is 5.11 Å². The highest BCUT2D eigenvalue weighted by atomic mass is 16.3. The summed E-state index contributed by atoms with van der Waals surface area (Å²) in [6.07, 6.45) is 6.08. The molecule has 3 heteroatoms. The first-order valence-corrected chi connectivity index (χ1v) is 5.96. The van der Waals surface area contributed by atoms with Crippen LogP contribution in [-0.4, -0.2) is 14.9 Å². The van der Waals surface area contributed by atoms with Gasteiger partial charge in [-0.15, -0.1) is 0 Å². The molecule has 3 nitrogen and oxygen atoms in total. The van der Waals surface area contributed by atoms with Gasteiger partial charge >= 0.3 is 0 Å². The molecule has 0 bridgehead atoms. The fraction of sp³-hybridized carbons (Fsp3) is 0.357. The number of aliphatic hydroxyl groups is 1. The fourth-order valence-electron chi connectivity index (χ4n) is 2.63. The molecule has 1 unspecified atom stereocenters. The van der Waals surface area contributed by atoms with Gasteiger partial charge in [-0.2, -0.15) is 5.10 Å². The Morgan fingerprint density at radius 3 is 2.76 bits per heavy atom. The van der Waals surface area contributed by atoms with Gasteiger partial charge in [0, 0.05) is 25.2 Å². The highest BCUT2D eigenvalue weighted by Crippen LogP contribution is 2.35. The minimum atomic E-state index is -0.747. The summed E-state index contributed by atoms with van der Waals surface area (Å²) in [6.45, 7) is 0. The maximum atomic E-state index is 10.7. The molecular weight excluding hydrogens is 212 g/mol. The van der Waals surface area contributed by atoms with Crippen LogP contribution in [0.4, 0.5) is 0 Å². The number of fused-ring (bicyclic) bond motifs is 1. The molecule has 1 aromatic carbocycles. The fourth-order valence-corrected chi connectivity index (χ4v) is 2.63. The molecule has 88 valence electrons. The van der Waals surface area contributed by atoms with Gasteiger partial charge in [-0.1, -0.05) is 24.3 Å². The Morgan fingerprint density at radius 2 is 2.06 bits per heavy atom. The Balaban J connectivity index is 1.97. The first kappa shape index (κ1) is 10.5. The predicted octanol–water partition coefficient (Wildman–Crippen LogP) is 1.80. The van der Waals surface area contributed by atoms with Gasteiger partial charge in [0.1, 0.15) is 0 Å². The number of benzene rings is 1. The standard InChI is InChI=1S/C14H16N2O/c1-16-10-13(9-15-16)14(17)7-6-11-4-2-3-5-12(11)8-14/h2-5,9-10,17H,6-8H2,1H3. The van der Waals surface area contributed by atoms with E-state index in [1.165, 1.54) is 11.1 Å². The van der Waals surface area contributed by atoms with Crippen LogP contribution in [0, 0.1) is 0 Å². The molecule has 1 N–H and O–H groups in total. The molecule has 0 spiro atoms. The maximum absolute atomic E-state index is 10.7. The minimum absolute atomic E-state index is 0.689. The summed E-state index contributed by atoms with van der Waals surface area (Å²) in [5.41, 5.74) is 2.79. The van der Waals surface area contributed by atoms with Crippen LogP contribution >= 0.6 is 0 Å². The van der Waals surface area contributed by atoms with Gasteiger partial charge in [-0.25, -0.2) is 0 Å². The van der Waals surface area contributed by atoms with Crippen LogP contribution in [0.1, 0.15) is 23.1 Å². The van der Waals surface area contributed by atoms with Crippen molar-refractivity contribution in [3.8, 4) is 0 Å². The van der Waals surface area contributed by atoms with Gasteiger partial charge in [-0.05, 0) is 24.0 Å². The van der Waals surface area contributed by atoms with E-state index in [2.05, 4.69) is 23.3 Å². The van der Waals surface area contributed by atoms with E-state index in [9.17, 15) is 5.11 Å². The second kappa shape index (κ2) is 3.70. The zero-order valence-electron chi connectivity index (χ0n) is 9.93. The Morgan fingerprint density at radius 1 is 1.29 bits per heavy atom. The lowest BCUT2D eigenvalue weighted by molar-refractivity contribution is 0.0222. The van der Waals surface area contributed by atoms with Crippen LogP contribution in [0.2, 0.25) is 0 Å². The maximum Gasteiger partial charge on any atom is 0.0970 e. The SMILES string of the molecule is Cn1cc(C2(O)CCc3ccccc3C2)cn1. The first-order chi connectivity index (χ1) is 8.17. The highest BCUT2D eigenvalue weighted by Gasteiger charge is 2.34. The number of aromatic nitrogens is 2. The van der Waals surface area contributed by atoms with Gasteiger partial charge < -0.3 is 5.11 Å². The lowest BCUT2D eigenvalue weighted by Gasteiger charge is -2.32. The summed E-state index contributed by atoms with van der Waals surface area (Å²) in [5, 5.41) is 14.9. The number of rotatable bonds is 1. The molecule has 1 heterocycles. The van der Waals surface area contributed by atoms with E-state index in [1.54, 1.807) is 10.9 Å².